The number of rotatable bonds is 6. The number of ether oxygens (including phenoxy) is 1. The highest BCUT2D eigenvalue weighted by molar-refractivity contribution is 5.30. The fraction of sp³-hybridized carbons (Fsp3) is 0.294. The Hall–Kier alpha value is -1.91. The lowest BCUT2D eigenvalue weighted by molar-refractivity contribution is 0.386. The Balaban J connectivity index is 2.05. The predicted octanol–water partition coefficient (Wildman–Crippen LogP) is 2.76. The molecule has 2 rings (SSSR count). The fourth-order valence-corrected chi connectivity index (χ4v) is 2.32. The molecule has 0 saturated carbocycles. The largest absolute Gasteiger partial charge is 0.494 e. The third kappa shape index (κ3) is 4.28. The van der Waals surface area contributed by atoms with Gasteiger partial charge in [0.2, 0.25) is 0 Å². The highest BCUT2D eigenvalue weighted by Gasteiger charge is 2.11. The standard InChI is InChI=1S/C17H21FN2O/c1-12-3-5-13(6-4-12)9-15(20-19)10-14-7-8-17(21-2)16(18)11-14/h3-8,11,15,20H,9-10,19H2,1-2H3. The monoisotopic (exact) mass is 288 g/mol. The summed E-state index contributed by atoms with van der Waals surface area (Å²) in [5.74, 6) is 5.54. The molecule has 0 aliphatic rings. The van der Waals surface area contributed by atoms with E-state index in [9.17, 15) is 4.39 Å². The summed E-state index contributed by atoms with van der Waals surface area (Å²) >= 11 is 0. The van der Waals surface area contributed by atoms with Crippen molar-refractivity contribution in [1.82, 2.24) is 5.43 Å². The molecule has 1 atom stereocenters. The van der Waals surface area contributed by atoms with Crippen molar-refractivity contribution in [2.45, 2.75) is 25.8 Å². The van der Waals surface area contributed by atoms with E-state index in [2.05, 4.69) is 36.6 Å². The number of hydrogen-bond donors (Lipinski definition) is 2. The van der Waals surface area contributed by atoms with Crippen LogP contribution in [0.1, 0.15) is 16.7 Å². The van der Waals surface area contributed by atoms with Crippen LogP contribution in [0.4, 0.5) is 4.39 Å². The van der Waals surface area contributed by atoms with Gasteiger partial charge in [-0.15, -0.1) is 0 Å². The minimum absolute atomic E-state index is 0.0560. The number of hydrogen-bond acceptors (Lipinski definition) is 3. The average Bonchev–Trinajstić information content (AvgIpc) is 2.49. The molecule has 0 saturated heterocycles. The molecule has 0 radical (unpaired) electrons. The molecule has 3 N–H and O–H groups in total. The fourth-order valence-electron chi connectivity index (χ4n) is 2.32. The number of hydrazine groups is 1. The zero-order chi connectivity index (χ0) is 15.2. The van der Waals surface area contributed by atoms with Crippen LogP contribution >= 0.6 is 0 Å². The van der Waals surface area contributed by atoms with Crippen molar-refractivity contribution in [3.63, 3.8) is 0 Å². The molecule has 3 nitrogen and oxygen atoms in total. The van der Waals surface area contributed by atoms with Crippen molar-refractivity contribution in [2.75, 3.05) is 7.11 Å². The summed E-state index contributed by atoms with van der Waals surface area (Å²) in [5.41, 5.74) is 6.14. The van der Waals surface area contributed by atoms with Crippen molar-refractivity contribution in [3.05, 3.63) is 65.0 Å². The van der Waals surface area contributed by atoms with Gasteiger partial charge in [-0.1, -0.05) is 35.9 Å². The van der Waals surface area contributed by atoms with Crippen LogP contribution in [0.5, 0.6) is 5.75 Å². The molecule has 0 aromatic heterocycles. The van der Waals surface area contributed by atoms with E-state index in [1.54, 1.807) is 6.07 Å². The van der Waals surface area contributed by atoms with Crippen LogP contribution in [0.2, 0.25) is 0 Å². The van der Waals surface area contributed by atoms with Gasteiger partial charge in [0, 0.05) is 6.04 Å². The molecule has 0 fully saturated rings. The first kappa shape index (κ1) is 15.5. The molecule has 1 unspecified atom stereocenters. The van der Waals surface area contributed by atoms with Gasteiger partial charge < -0.3 is 4.74 Å². The van der Waals surface area contributed by atoms with Gasteiger partial charge in [0.05, 0.1) is 7.11 Å². The second kappa shape index (κ2) is 7.20. The molecule has 2 aromatic rings. The van der Waals surface area contributed by atoms with Crippen LogP contribution in [-0.2, 0) is 12.8 Å². The van der Waals surface area contributed by atoms with Gasteiger partial charge in [-0.05, 0) is 43.0 Å². The van der Waals surface area contributed by atoms with E-state index < -0.39 is 0 Å². The highest BCUT2D eigenvalue weighted by Crippen LogP contribution is 2.19. The number of nitrogens with one attached hydrogen (secondary N) is 1. The van der Waals surface area contributed by atoms with Gasteiger partial charge in [-0.2, -0.15) is 0 Å². The van der Waals surface area contributed by atoms with E-state index in [-0.39, 0.29) is 17.6 Å². The molecule has 0 amide bonds. The summed E-state index contributed by atoms with van der Waals surface area (Å²) in [7, 11) is 1.46. The average molecular weight is 288 g/mol. The Morgan fingerprint density at radius 1 is 1.10 bits per heavy atom. The summed E-state index contributed by atoms with van der Waals surface area (Å²) in [6.07, 6.45) is 1.45. The van der Waals surface area contributed by atoms with Crippen LogP contribution in [-0.4, -0.2) is 13.2 Å². The topological polar surface area (TPSA) is 47.3 Å². The molecule has 21 heavy (non-hydrogen) atoms. The Morgan fingerprint density at radius 2 is 1.71 bits per heavy atom. The van der Waals surface area contributed by atoms with Crippen LogP contribution in [0.25, 0.3) is 0 Å². The molecule has 4 heteroatoms. The quantitative estimate of drug-likeness (QED) is 0.635. The third-order valence-electron chi connectivity index (χ3n) is 3.54. The summed E-state index contributed by atoms with van der Waals surface area (Å²) in [6.45, 7) is 2.06. The van der Waals surface area contributed by atoms with Gasteiger partial charge >= 0.3 is 0 Å². The molecule has 0 aliphatic carbocycles. The number of nitrogens with two attached hydrogens (primary N) is 1. The number of halogens is 1. The van der Waals surface area contributed by atoms with Crippen LogP contribution in [0.15, 0.2) is 42.5 Å². The normalized spacial score (nSPS) is 12.2. The Kier molecular flexibility index (Phi) is 5.31. The lowest BCUT2D eigenvalue weighted by Crippen LogP contribution is -2.38. The second-order valence-electron chi connectivity index (χ2n) is 5.23. The lowest BCUT2D eigenvalue weighted by atomic mass is 9.99. The van der Waals surface area contributed by atoms with Gasteiger partial charge in [-0.3, -0.25) is 11.3 Å². The van der Waals surface area contributed by atoms with E-state index in [0.29, 0.717) is 6.42 Å². The zero-order valence-corrected chi connectivity index (χ0v) is 12.4. The summed E-state index contributed by atoms with van der Waals surface area (Å²) in [6, 6.07) is 13.4. The Morgan fingerprint density at radius 3 is 2.29 bits per heavy atom. The van der Waals surface area contributed by atoms with Gasteiger partial charge in [0.1, 0.15) is 0 Å². The summed E-state index contributed by atoms with van der Waals surface area (Å²) in [4.78, 5) is 0. The molecule has 0 bridgehead atoms. The summed E-state index contributed by atoms with van der Waals surface area (Å²) in [5, 5.41) is 0. The lowest BCUT2D eigenvalue weighted by Gasteiger charge is -2.16. The number of methoxy groups -OCH3 is 1. The SMILES string of the molecule is COc1ccc(CC(Cc2ccc(C)cc2)NN)cc1F. The van der Waals surface area contributed by atoms with Gasteiger partial charge in [0.15, 0.2) is 11.6 Å². The molecule has 0 spiro atoms. The van der Waals surface area contributed by atoms with Crippen LogP contribution < -0.4 is 16.0 Å². The molecular formula is C17H21FN2O. The summed E-state index contributed by atoms with van der Waals surface area (Å²) < 4.78 is 18.6. The van der Waals surface area contributed by atoms with Crippen molar-refractivity contribution in [1.29, 1.82) is 0 Å². The maximum Gasteiger partial charge on any atom is 0.165 e. The predicted molar refractivity (Wildman–Crippen MR) is 82.7 cm³/mol. The third-order valence-corrected chi connectivity index (χ3v) is 3.54. The van der Waals surface area contributed by atoms with Gasteiger partial charge in [0.25, 0.3) is 0 Å². The highest BCUT2D eigenvalue weighted by atomic mass is 19.1. The maximum atomic E-state index is 13.7. The smallest absolute Gasteiger partial charge is 0.165 e. The Bertz CT molecular complexity index is 584. The first-order chi connectivity index (χ1) is 10.1. The molecule has 2 aromatic carbocycles. The minimum atomic E-state index is -0.346. The van der Waals surface area contributed by atoms with Crippen LogP contribution in [0.3, 0.4) is 0 Å². The first-order valence-corrected chi connectivity index (χ1v) is 6.96. The van der Waals surface area contributed by atoms with E-state index in [0.717, 1.165) is 12.0 Å². The van der Waals surface area contributed by atoms with Crippen molar-refractivity contribution < 1.29 is 9.13 Å². The molecule has 0 heterocycles. The zero-order valence-electron chi connectivity index (χ0n) is 12.4. The first-order valence-electron chi connectivity index (χ1n) is 6.96. The minimum Gasteiger partial charge on any atom is -0.494 e. The van der Waals surface area contributed by atoms with Crippen molar-refractivity contribution in [2.24, 2.45) is 5.84 Å². The van der Waals surface area contributed by atoms with Crippen LogP contribution in [0, 0.1) is 12.7 Å². The number of benzene rings is 2. The van der Waals surface area contributed by atoms with Crippen molar-refractivity contribution >= 4 is 0 Å². The second-order valence-corrected chi connectivity index (χ2v) is 5.23. The number of aryl methyl sites for hydroxylation is 1. The molecular weight excluding hydrogens is 267 g/mol. The molecule has 112 valence electrons. The maximum absolute atomic E-state index is 13.7. The van der Waals surface area contributed by atoms with E-state index in [4.69, 9.17) is 10.6 Å². The van der Waals surface area contributed by atoms with Crippen molar-refractivity contribution in [3.8, 4) is 5.75 Å². The van der Waals surface area contributed by atoms with E-state index in [1.165, 1.54) is 24.3 Å². The Labute approximate surface area is 124 Å². The van der Waals surface area contributed by atoms with E-state index >= 15 is 0 Å². The van der Waals surface area contributed by atoms with Gasteiger partial charge in [-0.25, -0.2) is 4.39 Å². The molecule has 0 aliphatic heterocycles. The van der Waals surface area contributed by atoms with E-state index in [1.807, 2.05) is 6.07 Å².